The van der Waals surface area contributed by atoms with Crippen LogP contribution in [0.5, 0.6) is 0 Å². The normalized spacial score (nSPS) is 11.4. The second kappa shape index (κ2) is 4.95. The van der Waals surface area contributed by atoms with E-state index in [4.69, 9.17) is 9.26 Å². The standard InChI is InChI=1S/C12H17N5O3/c1-7-9(8-6-17(5)16-14-8)10(15-20-7)13-11(18)19-12(2,3)4/h6H,1-5H3,(H,13,15,18). The van der Waals surface area contributed by atoms with Gasteiger partial charge in [-0.3, -0.25) is 10.00 Å². The highest BCUT2D eigenvalue weighted by molar-refractivity contribution is 5.89. The molecule has 0 atom stereocenters. The second-order valence-corrected chi connectivity index (χ2v) is 5.37. The SMILES string of the molecule is Cc1onc(NC(=O)OC(C)(C)C)c1-c1cn(C)nn1. The minimum atomic E-state index is -0.601. The Bertz CT molecular complexity index is 623. The summed E-state index contributed by atoms with van der Waals surface area (Å²) >= 11 is 0. The molecule has 8 nitrogen and oxygen atoms in total. The molecule has 0 aliphatic rings. The fourth-order valence-corrected chi connectivity index (χ4v) is 1.62. The zero-order valence-electron chi connectivity index (χ0n) is 12.1. The summed E-state index contributed by atoms with van der Waals surface area (Å²) in [6.07, 6.45) is 1.11. The second-order valence-electron chi connectivity index (χ2n) is 5.37. The molecule has 0 aliphatic heterocycles. The Morgan fingerprint density at radius 1 is 1.45 bits per heavy atom. The van der Waals surface area contributed by atoms with Crippen LogP contribution < -0.4 is 5.32 Å². The van der Waals surface area contributed by atoms with Gasteiger partial charge in [-0.1, -0.05) is 10.4 Å². The quantitative estimate of drug-likeness (QED) is 0.904. The summed E-state index contributed by atoms with van der Waals surface area (Å²) in [5.41, 5.74) is 0.566. The number of aryl methyl sites for hydroxylation is 2. The van der Waals surface area contributed by atoms with Gasteiger partial charge in [0.05, 0.1) is 11.8 Å². The molecule has 0 saturated carbocycles. The summed E-state index contributed by atoms with van der Waals surface area (Å²) in [6.45, 7) is 7.08. The largest absolute Gasteiger partial charge is 0.444 e. The van der Waals surface area contributed by atoms with Gasteiger partial charge in [-0.15, -0.1) is 5.10 Å². The van der Waals surface area contributed by atoms with E-state index in [1.807, 2.05) is 0 Å². The molecule has 1 N–H and O–H groups in total. The molecule has 0 radical (unpaired) electrons. The van der Waals surface area contributed by atoms with Crippen molar-refractivity contribution in [3.05, 3.63) is 12.0 Å². The van der Waals surface area contributed by atoms with Gasteiger partial charge in [0.15, 0.2) is 5.82 Å². The Kier molecular flexibility index (Phi) is 3.47. The maximum absolute atomic E-state index is 11.8. The number of ether oxygens (including phenoxy) is 1. The Morgan fingerprint density at radius 2 is 2.15 bits per heavy atom. The number of hydrogen-bond acceptors (Lipinski definition) is 6. The van der Waals surface area contributed by atoms with Gasteiger partial charge in [0.2, 0.25) is 0 Å². The van der Waals surface area contributed by atoms with E-state index in [2.05, 4.69) is 20.8 Å². The van der Waals surface area contributed by atoms with Crippen LogP contribution in [0.1, 0.15) is 26.5 Å². The maximum Gasteiger partial charge on any atom is 0.413 e. The highest BCUT2D eigenvalue weighted by Gasteiger charge is 2.22. The molecule has 2 heterocycles. The molecule has 2 aromatic rings. The molecule has 108 valence electrons. The highest BCUT2D eigenvalue weighted by Crippen LogP contribution is 2.29. The molecule has 0 bridgehead atoms. The lowest BCUT2D eigenvalue weighted by Gasteiger charge is -2.19. The monoisotopic (exact) mass is 279 g/mol. The van der Waals surface area contributed by atoms with E-state index >= 15 is 0 Å². The first-order valence-electron chi connectivity index (χ1n) is 6.09. The maximum atomic E-state index is 11.8. The third kappa shape index (κ3) is 3.14. The van der Waals surface area contributed by atoms with Gasteiger partial charge in [-0.05, 0) is 27.7 Å². The van der Waals surface area contributed by atoms with Gasteiger partial charge in [-0.2, -0.15) is 0 Å². The van der Waals surface area contributed by atoms with E-state index in [1.165, 1.54) is 0 Å². The Hall–Kier alpha value is -2.38. The molecule has 0 saturated heterocycles. The van der Waals surface area contributed by atoms with Crippen LogP contribution in [0.15, 0.2) is 10.7 Å². The lowest BCUT2D eigenvalue weighted by atomic mass is 10.2. The minimum absolute atomic E-state index is 0.261. The molecule has 20 heavy (non-hydrogen) atoms. The molecule has 0 spiro atoms. The van der Waals surface area contributed by atoms with E-state index in [-0.39, 0.29) is 5.82 Å². The summed E-state index contributed by atoms with van der Waals surface area (Å²) in [5.74, 6) is 0.800. The summed E-state index contributed by atoms with van der Waals surface area (Å²) in [5, 5.41) is 14.2. The van der Waals surface area contributed by atoms with Crippen LogP contribution in [-0.4, -0.2) is 31.8 Å². The van der Waals surface area contributed by atoms with E-state index < -0.39 is 11.7 Å². The van der Waals surface area contributed by atoms with Crippen LogP contribution in [0.25, 0.3) is 11.3 Å². The first-order chi connectivity index (χ1) is 9.26. The number of anilines is 1. The number of rotatable bonds is 2. The molecule has 0 fully saturated rings. The third-order valence-corrected chi connectivity index (χ3v) is 2.34. The van der Waals surface area contributed by atoms with Crippen molar-refractivity contribution in [2.75, 3.05) is 5.32 Å². The van der Waals surface area contributed by atoms with Crippen molar-refractivity contribution in [1.82, 2.24) is 20.2 Å². The van der Waals surface area contributed by atoms with Gasteiger partial charge in [0, 0.05) is 7.05 Å². The minimum Gasteiger partial charge on any atom is -0.444 e. The number of carbonyl (C=O) groups is 1. The van der Waals surface area contributed by atoms with E-state index in [9.17, 15) is 4.79 Å². The molecule has 0 aromatic carbocycles. The number of nitrogens with zero attached hydrogens (tertiary/aromatic N) is 4. The zero-order valence-corrected chi connectivity index (χ0v) is 12.1. The van der Waals surface area contributed by atoms with E-state index in [1.54, 1.807) is 45.6 Å². The van der Waals surface area contributed by atoms with Gasteiger partial charge in [-0.25, -0.2) is 4.79 Å². The third-order valence-electron chi connectivity index (χ3n) is 2.34. The topological polar surface area (TPSA) is 95.1 Å². The van der Waals surface area contributed by atoms with Gasteiger partial charge in [0.1, 0.15) is 17.1 Å². The summed E-state index contributed by atoms with van der Waals surface area (Å²) in [7, 11) is 1.75. The molecule has 0 unspecified atom stereocenters. The van der Waals surface area contributed by atoms with Crippen molar-refractivity contribution in [3.63, 3.8) is 0 Å². The van der Waals surface area contributed by atoms with Crippen molar-refractivity contribution in [2.24, 2.45) is 7.05 Å². The van der Waals surface area contributed by atoms with E-state index in [0.717, 1.165) is 0 Å². The van der Waals surface area contributed by atoms with Gasteiger partial charge in [0.25, 0.3) is 0 Å². The molecule has 2 aromatic heterocycles. The Labute approximate surface area is 116 Å². The predicted octanol–water partition coefficient (Wildman–Crippen LogP) is 2.13. The van der Waals surface area contributed by atoms with Crippen LogP contribution >= 0.6 is 0 Å². The van der Waals surface area contributed by atoms with Crippen molar-refractivity contribution in [1.29, 1.82) is 0 Å². The molecule has 2 rings (SSSR count). The van der Waals surface area contributed by atoms with Crippen LogP contribution in [0, 0.1) is 6.92 Å². The van der Waals surface area contributed by atoms with Crippen LogP contribution in [0.2, 0.25) is 0 Å². The first kappa shape index (κ1) is 14.0. The fraction of sp³-hybridized carbons (Fsp3) is 0.500. The zero-order chi connectivity index (χ0) is 14.9. The Morgan fingerprint density at radius 3 is 2.70 bits per heavy atom. The fourth-order valence-electron chi connectivity index (χ4n) is 1.62. The molecule has 8 heteroatoms. The van der Waals surface area contributed by atoms with Crippen LogP contribution in [0.3, 0.4) is 0 Å². The predicted molar refractivity (Wildman–Crippen MR) is 71.1 cm³/mol. The number of amides is 1. The number of hydrogen-bond donors (Lipinski definition) is 1. The van der Waals surface area contributed by atoms with Gasteiger partial charge < -0.3 is 9.26 Å². The van der Waals surface area contributed by atoms with Crippen LogP contribution in [0.4, 0.5) is 10.6 Å². The summed E-state index contributed by atoms with van der Waals surface area (Å²) < 4.78 is 11.8. The first-order valence-corrected chi connectivity index (χ1v) is 6.09. The smallest absolute Gasteiger partial charge is 0.413 e. The van der Waals surface area contributed by atoms with Crippen molar-refractivity contribution >= 4 is 11.9 Å². The molecular weight excluding hydrogens is 262 g/mol. The average molecular weight is 279 g/mol. The molecule has 0 aliphatic carbocycles. The molecular formula is C12H17N5O3. The van der Waals surface area contributed by atoms with Gasteiger partial charge >= 0.3 is 6.09 Å². The molecule has 1 amide bonds. The number of nitrogens with one attached hydrogen (secondary N) is 1. The van der Waals surface area contributed by atoms with Crippen molar-refractivity contribution < 1.29 is 14.1 Å². The lowest BCUT2D eigenvalue weighted by molar-refractivity contribution is 0.0634. The van der Waals surface area contributed by atoms with E-state index in [0.29, 0.717) is 17.0 Å². The highest BCUT2D eigenvalue weighted by atomic mass is 16.6. The van der Waals surface area contributed by atoms with Crippen LogP contribution in [-0.2, 0) is 11.8 Å². The summed E-state index contributed by atoms with van der Waals surface area (Å²) in [4.78, 5) is 11.8. The number of aromatic nitrogens is 4. The van der Waals surface area contributed by atoms with Crippen molar-refractivity contribution in [3.8, 4) is 11.3 Å². The number of carbonyl (C=O) groups excluding carboxylic acids is 1. The summed E-state index contributed by atoms with van der Waals surface area (Å²) in [6, 6.07) is 0. The van der Waals surface area contributed by atoms with Crippen molar-refractivity contribution in [2.45, 2.75) is 33.3 Å². The average Bonchev–Trinajstić information content (AvgIpc) is 2.83. The lowest BCUT2D eigenvalue weighted by Crippen LogP contribution is -2.27. The Balaban J connectivity index is 2.24.